The van der Waals surface area contributed by atoms with Crippen LogP contribution < -0.4 is 5.73 Å². The van der Waals surface area contributed by atoms with E-state index in [9.17, 15) is 0 Å². The van der Waals surface area contributed by atoms with E-state index in [2.05, 4.69) is 11.8 Å². The van der Waals surface area contributed by atoms with Gasteiger partial charge in [-0.1, -0.05) is 13.3 Å². The Hall–Kier alpha value is -0.120. The Morgan fingerprint density at radius 2 is 2.06 bits per heavy atom. The third-order valence-electron chi connectivity index (χ3n) is 4.68. The SMILES string of the molecule is CCC1CCN(C(CN)C2CCCOC2)CC1. The largest absolute Gasteiger partial charge is 0.381 e. The fourth-order valence-electron chi connectivity index (χ4n) is 3.40. The second-order valence-electron chi connectivity index (χ2n) is 5.67. The van der Waals surface area contributed by atoms with Gasteiger partial charge in [0.1, 0.15) is 0 Å². The first kappa shape index (κ1) is 13.3. The predicted molar refractivity (Wildman–Crippen MR) is 71.0 cm³/mol. The molecule has 0 aromatic carbocycles. The highest BCUT2D eigenvalue weighted by atomic mass is 16.5. The summed E-state index contributed by atoms with van der Waals surface area (Å²) in [6.45, 7) is 7.48. The van der Waals surface area contributed by atoms with E-state index >= 15 is 0 Å². The van der Waals surface area contributed by atoms with Crippen molar-refractivity contribution in [2.24, 2.45) is 17.6 Å². The molecule has 0 spiro atoms. The summed E-state index contributed by atoms with van der Waals surface area (Å²) in [7, 11) is 0. The zero-order chi connectivity index (χ0) is 12.1. The summed E-state index contributed by atoms with van der Waals surface area (Å²) in [5, 5.41) is 0. The third-order valence-corrected chi connectivity index (χ3v) is 4.68. The molecule has 0 radical (unpaired) electrons. The Balaban J connectivity index is 1.85. The van der Waals surface area contributed by atoms with E-state index in [0.29, 0.717) is 12.0 Å². The molecule has 2 unspecified atom stereocenters. The van der Waals surface area contributed by atoms with Gasteiger partial charge < -0.3 is 10.5 Å². The standard InChI is InChI=1S/C14H28N2O/c1-2-12-5-7-16(8-6-12)14(10-15)13-4-3-9-17-11-13/h12-14H,2-11,15H2,1H3. The second kappa shape index (κ2) is 6.72. The topological polar surface area (TPSA) is 38.5 Å². The molecule has 0 saturated carbocycles. The summed E-state index contributed by atoms with van der Waals surface area (Å²) in [5.41, 5.74) is 6.00. The Bertz CT molecular complexity index is 208. The smallest absolute Gasteiger partial charge is 0.0509 e. The Morgan fingerprint density at radius 1 is 1.29 bits per heavy atom. The molecule has 0 bridgehead atoms. The van der Waals surface area contributed by atoms with Crippen molar-refractivity contribution in [1.82, 2.24) is 4.90 Å². The highest BCUT2D eigenvalue weighted by Crippen LogP contribution is 2.26. The first-order valence-corrected chi connectivity index (χ1v) is 7.37. The van der Waals surface area contributed by atoms with Crippen molar-refractivity contribution in [2.45, 2.75) is 45.1 Å². The van der Waals surface area contributed by atoms with E-state index in [1.807, 2.05) is 0 Å². The Morgan fingerprint density at radius 3 is 2.59 bits per heavy atom. The molecule has 2 heterocycles. The monoisotopic (exact) mass is 240 g/mol. The van der Waals surface area contributed by atoms with E-state index in [1.165, 1.54) is 45.2 Å². The van der Waals surface area contributed by atoms with Gasteiger partial charge in [-0.2, -0.15) is 0 Å². The number of nitrogens with two attached hydrogens (primary N) is 1. The Kier molecular flexibility index (Phi) is 5.26. The molecule has 3 nitrogen and oxygen atoms in total. The zero-order valence-corrected chi connectivity index (χ0v) is 11.2. The minimum atomic E-state index is 0.563. The molecule has 17 heavy (non-hydrogen) atoms. The van der Waals surface area contributed by atoms with Gasteiger partial charge in [0.15, 0.2) is 0 Å². The first-order chi connectivity index (χ1) is 8.35. The number of ether oxygens (including phenoxy) is 1. The van der Waals surface area contributed by atoms with Crippen LogP contribution in [-0.2, 0) is 4.74 Å². The van der Waals surface area contributed by atoms with Crippen molar-refractivity contribution < 1.29 is 4.74 Å². The molecule has 2 saturated heterocycles. The quantitative estimate of drug-likeness (QED) is 0.815. The number of hydrogen-bond acceptors (Lipinski definition) is 3. The van der Waals surface area contributed by atoms with Crippen molar-refractivity contribution in [3.05, 3.63) is 0 Å². The fraction of sp³-hybridized carbons (Fsp3) is 1.00. The van der Waals surface area contributed by atoms with Gasteiger partial charge >= 0.3 is 0 Å². The van der Waals surface area contributed by atoms with E-state index in [1.54, 1.807) is 0 Å². The molecule has 2 atom stereocenters. The molecule has 0 aromatic rings. The van der Waals surface area contributed by atoms with Crippen LogP contribution in [0.15, 0.2) is 0 Å². The highest BCUT2D eigenvalue weighted by molar-refractivity contribution is 4.85. The molecule has 2 aliphatic heterocycles. The number of piperidine rings is 1. The van der Waals surface area contributed by atoms with Crippen molar-refractivity contribution >= 4 is 0 Å². The van der Waals surface area contributed by atoms with Crippen molar-refractivity contribution in [3.8, 4) is 0 Å². The summed E-state index contributed by atoms with van der Waals surface area (Å²) in [5.74, 6) is 1.62. The molecule has 2 aliphatic rings. The fourth-order valence-corrected chi connectivity index (χ4v) is 3.40. The van der Waals surface area contributed by atoms with Gasteiger partial charge in [0, 0.05) is 19.2 Å². The molecule has 0 aliphatic carbocycles. The maximum absolute atomic E-state index is 6.00. The lowest BCUT2D eigenvalue weighted by molar-refractivity contribution is 0.00217. The van der Waals surface area contributed by atoms with Gasteiger partial charge in [-0.3, -0.25) is 4.90 Å². The molecule has 0 amide bonds. The summed E-state index contributed by atoms with van der Waals surface area (Å²) in [6.07, 6.45) is 6.58. The summed E-state index contributed by atoms with van der Waals surface area (Å²) >= 11 is 0. The van der Waals surface area contributed by atoms with E-state index < -0.39 is 0 Å². The zero-order valence-electron chi connectivity index (χ0n) is 11.2. The summed E-state index contributed by atoms with van der Waals surface area (Å²) < 4.78 is 5.62. The van der Waals surface area contributed by atoms with Crippen LogP contribution in [0, 0.1) is 11.8 Å². The van der Waals surface area contributed by atoms with E-state index in [-0.39, 0.29) is 0 Å². The number of hydrogen-bond donors (Lipinski definition) is 1. The van der Waals surface area contributed by atoms with Gasteiger partial charge in [0.2, 0.25) is 0 Å². The van der Waals surface area contributed by atoms with Crippen molar-refractivity contribution in [1.29, 1.82) is 0 Å². The molecule has 2 rings (SSSR count). The molecular weight excluding hydrogens is 212 g/mol. The van der Waals surface area contributed by atoms with Crippen molar-refractivity contribution in [3.63, 3.8) is 0 Å². The van der Waals surface area contributed by atoms with Crippen LogP contribution in [0.3, 0.4) is 0 Å². The molecule has 2 N–H and O–H groups in total. The van der Waals surface area contributed by atoms with Crippen LogP contribution >= 0.6 is 0 Å². The third kappa shape index (κ3) is 3.43. The van der Waals surface area contributed by atoms with Gasteiger partial charge in [0.05, 0.1) is 6.61 Å². The molecule has 3 heteroatoms. The van der Waals surface area contributed by atoms with Crippen LogP contribution in [0.1, 0.15) is 39.0 Å². The van der Waals surface area contributed by atoms with Gasteiger partial charge in [-0.05, 0) is 50.6 Å². The van der Waals surface area contributed by atoms with Crippen molar-refractivity contribution in [2.75, 3.05) is 32.8 Å². The van der Waals surface area contributed by atoms with Crippen LogP contribution in [-0.4, -0.2) is 43.8 Å². The molecular formula is C14H28N2O. The minimum Gasteiger partial charge on any atom is -0.381 e. The predicted octanol–water partition coefficient (Wildman–Crippen LogP) is 1.86. The maximum atomic E-state index is 6.00. The molecule has 2 fully saturated rings. The van der Waals surface area contributed by atoms with Gasteiger partial charge in [0.25, 0.3) is 0 Å². The second-order valence-corrected chi connectivity index (χ2v) is 5.67. The summed E-state index contributed by atoms with van der Waals surface area (Å²) in [4.78, 5) is 2.63. The average molecular weight is 240 g/mol. The minimum absolute atomic E-state index is 0.563. The normalized spacial score (nSPS) is 30.4. The lowest BCUT2D eigenvalue weighted by Gasteiger charge is -2.41. The van der Waals surface area contributed by atoms with Crippen LogP contribution in [0.2, 0.25) is 0 Å². The van der Waals surface area contributed by atoms with Gasteiger partial charge in [-0.15, -0.1) is 0 Å². The lowest BCUT2D eigenvalue weighted by atomic mass is 9.88. The molecule has 100 valence electrons. The average Bonchev–Trinajstić information content (AvgIpc) is 2.42. The van der Waals surface area contributed by atoms with Crippen LogP contribution in [0.4, 0.5) is 0 Å². The molecule has 0 aromatic heterocycles. The highest BCUT2D eigenvalue weighted by Gasteiger charge is 2.30. The number of likely N-dealkylation sites (tertiary alicyclic amines) is 1. The van der Waals surface area contributed by atoms with E-state index in [4.69, 9.17) is 10.5 Å². The van der Waals surface area contributed by atoms with Crippen LogP contribution in [0.25, 0.3) is 0 Å². The van der Waals surface area contributed by atoms with Crippen LogP contribution in [0.5, 0.6) is 0 Å². The number of rotatable bonds is 4. The number of nitrogens with zero attached hydrogens (tertiary/aromatic N) is 1. The maximum Gasteiger partial charge on any atom is 0.0509 e. The van der Waals surface area contributed by atoms with E-state index in [0.717, 1.165) is 25.7 Å². The lowest BCUT2D eigenvalue weighted by Crippen LogP contribution is -2.50. The summed E-state index contributed by atoms with van der Waals surface area (Å²) in [6, 6.07) is 0.563. The Labute approximate surface area is 106 Å². The first-order valence-electron chi connectivity index (χ1n) is 7.37. The van der Waals surface area contributed by atoms with Gasteiger partial charge in [-0.25, -0.2) is 0 Å².